The topological polar surface area (TPSA) is 76.7 Å². The average molecular weight is 423 g/mol. The molecule has 0 atom stereocenters. The number of hydrogen-bond donors (Lipinski definition) is 2. The first-order valence-electron chi connectivity index (χ1n) is 8.83. The smallest absolute Gasteiger partial charge is 0.258 e. The monoisotopic (exact) mass is 422 g/mol. The van der Waals surface area contributed by atoms with Crippen LogP contribution in [0, 0.1) is 0 Å². The highest BCUT2D eigenvalue weighted by Crippen LogP contribution is 2.20. The number of hydrogen-bond acceptors (Lipinski definition) is 4. The second-order valence-corrected chi connectivity index (χ2v) is 7.36. The molecule has 28 heavy (non-hydrogen) atoms. The third-order valence-electron chi connectivity index (χ3n) is 4.24. The minimum absolute atomic E-state index is 0.0313. The zero-order valence-electron chi connectivity index (χ0n) is 15.0. The van der Waals surface area contributed by atoms with E-state index in [9.17, 15) is 9.59 Å². The van der Waals surface area contributed by atoms with Crippen LogP contribution in [0.3, 0.4) is 0 Å². The molecule has 0 saturated heterocycles. The van der Waals surface area contributed by atoms with E-state index in [1.54, 1.807) is 48.5 Å². The fourth-order valence-electron chi connectivity index (χ4n) is 2.75. The van der Waals surface area contributed by atoms with Crippen LogP contribution in [-0.4, -0.2) is 37.1 Å². The lowest BCUT2D eigenvalue weighted by molar-refractivity contribution is -0.125. The Morgan fingerprint density at radius 3 is 1.46 bits per heavy atom. The van der Waals surface area contributed by atoms with Crippen LogP contribution in [-0.2, 0) is 9.59 Å². The summed E-state index contributed by atoms with van der Waals surface area (Å²) >= 11 is 11.6. The first kappa shape index (κ1) is 20.3. The number of benzene rings is 2. The summed E-state index contributed by atoms with van der Waals surface area (Å²) in [4.78, 5) is 23.8. The third-order valence-corrected chi connectivity index (χ3v) is 4.74. The maximum absolute atomic E-state index is 11.9. The van der Waals surface area contributed by atoms with Crippen molar-refractivity contribution in [3.05, 3.63) is 58.6 Å². The van der Waals surface area contributed by atoms with Crippen molar-refractivity contribution in [2.75, 3.05) is 13.2 Å². The molecule has 2 aromatic carbocycles. The molecule has 0 aromatic heterocycles. The summed E-state index contributed by atoms with van der Waals surface area (Å²) in [5.74, 6) is 0.768. The molecular weight excluding hydrogens is 403 g/mol. The van der Waals surface area contributed by atoms with Gasteiger partial charge in [0.1, 0.15) is 11.5 Å². The van der Waals surface area contributed by atoms with Gasteiger partial charge in [-0.05, 0) is 61.4 Å². The van der Waals surface area contributed by atoms with Crippen LogP contribution in [0.2, 0.25) is 10.0 Å². The number of carbonyl (C=O) groups is 2. The van der Waals surface area contributed by atoms with Gasteiger partial charge in [-0.1, -0.05) is 23.2 Å². The van der Waals surface area contributed by atoms with Crippen LogP contribution in [0.1, 0.15) is 12.8 Å². The predicted molar refractivity (Wildman–Crippen MR) is 107 cm³/mol. The van der Waals surface area contributed by atoms with Gasteiger partial charge in [0.25, 0.3) is 11.8 Å². The normalized spacial score (nSPS) is 17.9. The zero-order valence-corrected chi connectivity index (χ0v) is 16.5. The van der Waals surface area contributed by atoms with Gasteiger partial charge in [-0.15, -0.1) is 0 Å². The molecule has 2 amide bonds. The zero-order chi connectivity index (χ0) is 19.9. The molecule has 0 spiro atoms. The van der Waals surface area contributed by atoms with Crippen molar-refractivity contribution in [1.29, 1.82) is 0 Å². The van der Waals surface area contributed by atoms with Gasteiger partial charge in [-0.2, -0.15) is 0 Å². The maximum Gasteiger partial charge on any atom is 0.258 e. The Balaban J connectivity index is 1.28. The lowest BCUT2D eigenvalue weighted by Gasteiger charge is -2.36. The summed E-state index contributed by atoms with van der Waals surface area (Å²) in [6.07, 6.45) is 1.36. The molecule has 1 fully saturated rings. The standard InChI is InChI=1S/C20H20Cl2N2O4/c21-13-1-5-17(6-2-13)27-11-19(25)23-15-9-16(10-15)24-20(26)12-28-18-7-3-14(22)4-8-18/h1-8,15-16H,9-12H2,(H,23,25)(H,24,26)/t15-,16-. The number of carbonyl (C=O) groups excluding carboxylic acids is 2. The number of ether oxygens (including phenoxy) is 2. The predicted octanol–water partition coefficient (Wildman–Crippen LogP) is 3.21. The summed E-state index contributed by atoms with van der Waals surface area (Å²) in [6, 6.07) is 13.7. The van der Waals surface area contributed by atoms with Crippen LogP contribution in [0.25, 0.3) is 0 Å². The van der Waals surface area contributed by atoms with E-state index in [1.807, 2.05) is 0 Å². The highest BCUT2D eigenvalue weighted by atomic mass is 35.5. The van der Waals surface area contributed by atoms with E-state index in [2.05, 4.69) is 10.6 Å². The number of halogens is 2. The Morgan fingerprint density at radius 1 is 0.750 bits per heavy atom. The minimum Gasteiger partial charge on any atom is -0.484 e. The van der Waals surface area contributed by atoms with Gasteiger partial charge in [0.15, 0.2) is 13.2 Å². The Morgan fingerprint density at radius 2 is 1.11 bits per heavy atom. The quantitative estimate of drug-likeness (QED) is 0.684. The molecule has 0 aliphatic heterocycles. The number of nitrogens with one attached hydrogen (secondary N) is 2. The summed E-state index contributed by atoms with van der Waals surface area (Å²) in [5, 5.41) is 6.98. The lowest BCUT2D eigenvalue weighted by atomic mass is 9.86. The third kappa shape index (κ3) is 6.32. The van der Waals surface area contributed by atoms with Crippen LogP contribution in [0.5, 0.6) is 11.5 Å². The second kappa shape index (κ2) is 9.66. The second-order valence-electron chi connectivity index (χ2n) is 6.49. The molecule has 3 rings (SSSR count). The molecule has 148 valence electrons. The summed E-state index contributed by atoms with van der Waals surface area (Å²) in [7, 11) is 0. The fourth-order valence-corrected chi connectivity index (χ4v) is 3.00. The minimum atomic E-state index is -0.198. The Bertz CT molecular complexity index is 738. The molecule has 8 heteroatoms. The van der Waals surface area contributed by atoms with Gasteiger partial charge in [0.2, 0.25) is 0 Å². The van der Waals surface area contributed by atoms with E-state index in [-0.39, 0.29) is 37.1 Å². The molecule has 6 nitrogen and oxygen atoms in total. The molecule has 1 aliphatic carbocycles. The molecule has 1 saturated carbocycles. The molecule has 2 aromatic rings. The van der Waals surface area contributed by atoms with E-state index < -0.39 is 0 Å². The van der Waals surface area contributed by atoms with Gasteiger partial charge in [-0.25, -0.2) is 0 Å². The molecule has 0 bridgehead atoms. The first-order chi connectivity index (χ1) is 13.5. The van der Waals surface area contributed by atoms with E-state index in [0.717, 1.165) is 0 Å². The van der Waals surface area contributed by atoms with E-state index in [0.29, 0.717) is 34.4 Å². The highest BCUT2D eigenvalue weighted by molar-refractivity contribution is 6.30. The Hall–Kier alpha value is -2.44. The average Bonchev–Trinajstić information content (AvgIpc) is 2.65. The molecular formula is C20H20Cl2N2O4. The Labute approximate surface area is 173 Å². The van der Waals surface area contributed by atoms with Crippen molar-refractivity contribution in [3.8, 4) is 11.5 Å². The van der Waals surface area contributed by atoms with Crippen molar-refractivity contribution >= 4 is 35.0 Å². The Kier molecular flexibility index (Phi) is 7.01. The van der Waals surface area contributed by atoms with Crippen molar-refractivity contribution < 1.29 is 19.1 Å². The molecule has 0 radical (unpaired) electrons. The van der Waals surface area contributed by atoms with Gasteiger partial charge in [0.05, 0.1) is 0 Å². The van der Waals surface area contributed by atoms with E-state index in [1.165, 1.54) is 0 Å². The largest absolute Gasteiger partial charge is 0.484 e. The molecule has 1 aliphatic rings. The molecule has 0 unspecified atom stereocenters. The molecule has 2 N–H and O–H groups in total. The van der Waals surface area contributed by atoms with Crippen molar-refractivity contribution in [2.24, 2.45) is 0 Å². The van der Waals surface area contributed by atoms with E-state index >= 15 is 0 Å². The SMILES string of the molecule is O=C(COc1ccc(Cl)cc1)N[C@H]1C[C@H](NC(=O)COc2ccc(Cl)cc2)C1. The highest BCUT2D eigenvalue weighted by Gasteiger charge is 2.31. The summed E-state index contributed by atoms with van der Waals surface area (Å²) < 4.78 is 10.8. The van der Waals surface area contributed by atoms with Crippen LogP contribution >= 0.6 is 23.2 Å². The van der Waals surface area contributed by atoms with Gasteiger partial charge in [0, 0.05) is 22.1 Å². The maximum atomic E-state index is 11.9. The van der Waals surface area contributed by atoms with Gasteiger partial charge < -0.3 is 20.1 Å². The number of amides is 2. The van der Waals surface area contributed by atoms with Crippen LogP contribution in [0.4, 0.5) is 0 Å². The summed E-state index contributed by atoms with van der Waals surface area (Å²) in [6.45, 7) is -0.131. The van der Waals surface area contributed by atoms with Crippen molar-refractivity contribution in [1.82, 2.24) is 10.6 Å². The number of rotatable bonds is 8. The first-order valence-corrected chi connectivity index (χ1v) is 9.59. The van der Waals surface area contributed by atoms with E-state index in [4.69, 9.17) is 32.7 Å². The van der Waals surface area contributed by atoms with Crippen LogP contribution < -0.4 is 20.1 Å². The lowest BCUT2D eigenvalue weighted by Crippen LogP contribution is -2.55. The van der Waals surface area contributed by atoms with Crippen molar-refractivity contribution in [3.63, 3.8) is 0 Å². The molecule has 0 heterocycles. The fraction of sp³-hybridized carbons (Fsp3) is 0.300. The van der Waals surface area contributed by atoms with Crippen molar-refractivity contribution in [2.45, 2.75) is 24.9 Å². The van der Waals surface area contributed by atoms with Crippen LogP contribution in [0.15, 0.2) is 48.5 Å². The van der Waals surface area contributed by atoms with Gasteiger partial charge in [-0.3, -0.25) is 9.59 Å². The van der Waals surface area contributed by atoms with Gasteiger partial charge >= 0.3 is 0 Å². The summed E-state index contributed by atoms with van der Waals surface area (Å²) in [5.41, 5.74) is 0.